The van der Waals surface area contributed by atoms with Crippen LogP contribution >= 0.6 is 0 Å². The highest BCUT2D eigenvalue weighted by Gasteiger charge is 2.63. The van der Waals surface area contributed by atoms with Crippen LogP contribution in [0.4, 0.5) is 13.2 Å². The van der Waals surface area contributed by atoms with Crippen LogP contribution in [-0.4, -0.2) is 41.8 Å². The molecule has 180 valence electrons. The minimum Gasteiger partial charge on any atom is -0.390 e. The van der Waals surface area contributed by atoms with E-state index in [9.17, 15) is 23.4 Å². The predicted octanol–water partition coefficient (Wildman–Crippen LogP) is 5.44. The topological polar surface area (TPSA) is 49.7 Å². The molecule has 0 bridgehead atoms. The molecule has 0 aromatic carbocycles. The first kappa shape index (κ1) is 23.8. The Hall–Kier alpha value is -0.330. The zero-order chi connectivity index (χ0) is 22.8. The number of hydrogen-bond donors (Lipinski definition) is 2. The van der Waals surface area contributed by atoms with Crippen molar-refractivity contribution < 1.29 is 28.1 Å². The van der Waals surface area contributed by atoms with Gasteiger partial charge in [-0.3, -0.25) is 0 Å². The second-order valence-corrected chi connectivity index (χ2v) is 11.9. The van der Waals surface area contributed by atoms with Crippen molar-refractivity contribution in [2.45, 2.75) is 90.0 Å². The monoisotopic (exact) mass is 446 g/mol. The first-order chi connectivity index (χ1) is 14.4. The third kappa shape index (κ3) is 3.77. The Kier molecular flexibility index (Phi) is 6.27. The van der Waals surface area contributed by atoms with Crippen LogP contribution in [0.25, 0.3) is 0 Å². The van der Waals surface area contributed by atoms with Crippen molar-refractivity contribution in [1.82, 2.24) is 0 Å². The molecule has 31 heavy (non-hydrogen) atoms. The van der Waals surface area contributed by atoms with Gasteiger partial charge in [0.25, 0.3) is 0 Å². The summed E-state index contributed by atoms with van der Waals surface area (Å²) < 4.78 is 45.6. The Morgan fingerprint density at radius 1 is 1.06 bits per heavy atom. The van der Waals surface area contributed by atoms with E-state index in [1.165, 1.54) is 0 Å². The molecule has 3 nitrogen and oxygen atoms in total. The predicted molar refractivity (Wildman–Crippen MR) is 113 cm³/mol. The molecule has 4 aliphatic rings. The Morgan fingerprint density at radius 3 is 2.39 bits per heavy atom. The van der Waals surface area contributed by atoms with Crippen molar-refractivity contribution in [2.75, 3.05) is 13.7 Å². The van der Waals surface area contributed by atoms with Crippen molar-refractivity contribution in [2.24, 2.45) is 52.8 Å². The third-order valence-electron chi connectivity index (χ3n) is 10.5. The maximum atomic E-state index is 13.5. The van der Waals surface area contributed by atoms with Gasteiger partial charge in [-0.2, -0.15) is 13.2 Å². The average molecular weight is 447 g/mol. The first-order valence-corrected chi connectivity index (χ1v) is 12.4. The number of ether oxygens (including phenoxy) is 1. The summed E-state index contributed by atoms with van der Waals surface area (Å²) in [6.07, 6.45) is 0.398. The fourth-order valence-electron chi connectivity index (χ4n) is 9.14. The second-order valence-electron chi connectivity index (χ2n) is 11.9. The lowest BCUT2D eigenvalue weighted by Gasteiger charge is -2.58. The number of aliphatic hydroxyl groups excluding tert-OH is 1. The molecule has 6 heteroatoms. The summed E-state index contributed by atoms with van der Waals surface area (Å²) in [6, 6.07) is 0. The van der Waals surface area contributed by atoms with Gasteiger partial charge < -0.3 is 14.9 Å². The van der Waals surface area contributed by atoms with Gasteiger partial charge in [-0.15, -0.1) is 0 Å². The van der Waals surface area contributed by atoms with Gasteiger partial charge in [0.15, 0.2) is 5.60 Å². The zero-order valence-corrected chi connectivity index (χ0v) is 19.5. The fraction of sp³-hybridized carbons (Fsp3) is 1.00. The van der Waals surface area contributed by atoms with Gasteiger partial charge in [-0.25, -0.2) is 0 Å². The molecule has 4 rings (SSSR count). The Bertz CT molecular complexity index is 654. The van der Waals surface area contributed by atoms with Crippen molar-refractivity contribution in [3.8, 4) is 0 Å². The highest BCUT2D eigenvalue weighted by atomic mass is 19.4. The van der Waals surface area contributed by atoms with E-state index in [1.807, 2.05) is 0 Å². The lowest BCUT2D eigenvalue weighted by Crippen LogP contribution is -2.55. The smallest absolute Gasteiger partial charge is 0.390 e. The van der Waals surface area contributed by atoms with Gasteiger partial charge >= 0.3 is 6.18 Å². The largest absolute Gasteiger partial charge is 0.417 e. The molecule has 0 saturated heterocycles. The van der Waals surface area contributed by atoms with Crippen LogP contribution in [-0.2, 0) is 4.74 Å². The average Bonchev–Trinajstić information content (AvgIpc) is 2.97. The van der Waals surface area contributed by atoms with Gasteiger partial charge in [-0.05, 0) is 104 Å². The van der Waals surface area contributed by atoms with E-state index < -0.39 is 17.9 Å². The lowest BCUT2D eigenvalue weighted by atomic mass is 9.47. The van der Waals surface area contributed by atoms with Crippen LogP contribution < -0.4 is 0 Å². The van der Waals surface area contributed by atoms with Gasteiger partial charge in [0.05, 0.1) is 12.7 Å². The van der Waals surface area contributed by atoms with Gasteiger partial charge in [0.2, 0.25) is 0 Å². The lowest BCUT2D eigenvalue weighted by molar-refractivity contribution is -0.282. The summed E-state index contributed by atoms with van der Waals surface area (Å²) in [5.41, 5.74) is -2.30. The molecule has 0 aliphatic heterocycles. The van der Waals surface area contributed by atoms with E-state index in [1.54, 1.807) is 7.11 Å². The Balaban J connectivity index is 1.52. The van der Waals surface area contributed by atoms with Crippen LogP contribution in [0.15, 0.2) is 0 Å². The molecule has 4 saturated carbocycles. The number of alkyl halides is 3. The minimum atomic E-state index is -4.52. The molecule has 0 aromatic heterocycles. The number of rotatable bonds is 4. The quantitative estimate of drug-likeness (QED) is 0.605. The number of methoxy groups -OCH3 is 1. The number of hydrogen-bond acceptors (Lipinski definition) is 3. The summed E-state index contributed by atoms with van der Waals surface area (Å²) in [5.74, 6) is 3.19. The van der Waals surface area contributed by atoms with Gasteiger partial charge in [0, 0.05) is 7.11 Å². The Labute approximate surface area is 185 Å². The van der Waals surface area contributed by atoms with Crippen molar-refractivity contribution in [1.29, 1.82) is 0 Å². The minimum absolute atomic E-state index is 0.000867. The maximum Gasteiger partial charge on any atom is 0.417 e. The van der Waals surface area contributed by atoms with Crippen LogP contribution in [0.1, 0.15) is 72.1 Å². The third-order valence-corrected chi connectivity index (χ3v) is 10.5. The fourth-order valence-corrected chi connectivity index (χ4v) is 9.14. The molecular formula is C25H41F3O3. The zero-order valence-electron chi connectivity index (χ0n) is 19.5. The van der Waals surface area contributed by atoms with Crippen molar-refractivity contribution >= 4 is 0 Å². The normalized spacial score (nSPS) is 49.6. The van der Waals surface area contributed by atoms with E-state index in [4.69, 9.17) is 4.74 Å². The standard InChI is InChI=1S/C25H41F3O3/c1-14-11-20(15(2)21(29)13-31-4)23(3)9-7-18-17-8-10-24(30,25(26,27)28)12-16(17)5-6-19(18)22(14)23/h14-22,29-30H,5-13H2,1-4H3/t14-,15-,16+,17-,18+,19+,20+,21+,22-,23+,24+/m0/s1. The van der Waals surface area contributed by atoms with Crippen LogP contribution in [0.5, 0.6) is 0 Å². The summed E-state index contributed by atoms with van der Waals surface area (Å²) in [4.78, 5) is 0. The van der Waals surface area contributed by atoms with E-state index in [2.05, 4.69) is 20.8 Å². The van der Waals surface area contributed by atoms with E-state index in [0.717, 1.165) is 32.1 Å². The molecule has 11 atom stereocenters. The van der Waals surface area contributed by atoms with E-state index in [-0.39, 0.29) is 30.1 Å². The van der Waals surface area contributed by atoms with Crippen molar-refractivity contribution in [3.63, 3.8) is 0 Å². The highest BCUT2D eigenvalue weighted by molar-refractivity contribution is 5.10. The van der Waals surface area contributed by atoms with Gasteiger partial charge in [0.1, 0.15) is 0 Å². The molecule has 0 radical (unpaired) electrons. The first-order valence-electron chi connectivity index (χ1n) is 12.4. The number of halogens is 3. The summed E-state index contributed by atoms with van der Waals surface area (Å²) in [5, 5.41) is 20.9. The van der Waals surface area contributed by atoms with Crippen LogP contribution in [0, 0.1) is 52.8 Å². The molecule has 0 heterocycles. The van der Waals surface area contributed by atoms with E-state index in [0.29, 0.717) is 48.5 Å². The SMILES string of the molecule is COC[C@@H](O)[C@@H](C)[C@H]1C[C@H](C)[C@H]2[C@@H]3CC[C@@H]4C[C@@](O)(C(F)(F)F)CC[C@@H]4[C@H]3CC[C@@]21C. The maximum absolute atomic E-state index is 13.5. The molecule has 0 aromatic rings. The summed E-state index contributed by atoms with van der Waals surface area (Å²) >= 11 is 0. The molecule has 4 aliphatic carbocycles. The second kappa shape index (κ2) is 8.16. The molecular weight excluding hydrogens is 405 g/mol. The Morgan fingerprint density at radius 2 is 1.74 bits per heavy atom. The van der Waals surface area contributed by atoms with Gasteiger partial charge in [-0.1, -0.05) is 20.8 Å². The van der Waals surface area contributed by atoms with Crippen molar-refractivity contribution in [3.05, 3.63) is 0 Å². The summed E-state index contributed by atoms with van der Waals surface area (Å²) in [7, 11) is 1.63. The molecule has 0 unspecified atom stereocenters. The highest BCUT2D eigenvalue weighted by Crippen LogP contribution is 2.67. The summed E-state index contributed by atoms with van der Waals surface area (Å²) in [6.45, 7) is 7.31. The molecule has 0 amide bonds. The van der Waals surface area contributed by atoms with E-state index >= 15 is 0 Å². The van der Waals surface area contributed by atoms with Crippen LogP contribution in [0.2, 0.25) is 0 Å². The number of fused-ring (bicyclic) bond motifs is 5. The molecule has 0 spiro atoms. The number of aliphatic hydroxyl groups is 2. The molecule has 2 N–H and O–H groups in total. The molecule has 4 fully saturated rings. The van der Waals surface area contributed by atoms with Crippen LogP contribution in [0.3, 0.4) is 0 Å².